The van der Waals surface area contributed by atoms with Gasteiger partial charge in [0.25, 0.3) is 0 Å². The number of carbonyl (C=O) groups excluding carboxylic acids is 1. The lowest BCUT2D eigenvalue weighted by atomic mass is 10.2. The second-order valence-electron chi connectivity index (χ2n) is 4.50. The first-order valence-electron chi connectivity index (χ1n) is 6.34. The van der Waals surface area contributed by atoms with E-state index >= 15 is 0 Å². The number of hydrogen-bond donors (Lipinski definition) is 1. The number of aryl methyl sites for hydroxylation is 1. The molecule has 1 saturated heterocycles. The van der Waals surface area contributed by atoms with E-state index in [1.165, 1.54) is 11.8 Å². The number of carbonyl (C=O) groups is 1. The van der Waals surface area contributed by atoms with E-state index in [-0.39, 0.29) is 5.91 Å². The highest BCUT2D eigenvalue weighted by atomic mass is 32.2. The Bertz CT molecular complexity index is 591. The molecule has 104 valence electrons. The van der Waals surface area contributed by atoms with E-state index in [1.807, 2.05) is 37.6 Å². The third kappa shape index (κ3) is 3.11. The van der Waals surface area contributed by atoms with Gasteiger partial charge in [0.15, 0.2) is 11.4 Å². The molecule has 1 aromatic rings. The number of amidine groups is 1. The van der Waals surface area contributed by atoms with Crippen molar-refractivity contribution in [2.24, 2.45) is 4.99 Å². The number of anilines is 1. The molecule has 1 aliphatic rings. The summed E-state index contributed by atoms with van der Waals surface area (Å²) >= 11 is 1.36. The molecule has 5 nitrogen and oxygen atoms in total. The largest absolute Gasteiger partial charge is 0.310 e. The van der Waals surface area contributed by atoms with E-state index in [2.05, 4.69) is 10.3 Å². The van der Waals surface area contributed by atoms with Gasteiger partial charge >= 0.3 is 0 Å². The highest BCUT2D eigenvalue weighted by Crippen LogP contribution is 2.33. The number of nitrogens with one attached hydrogen (secondary N) is 1. The first kappa shape index (κ1) is 14.4. The smallest absolute Gasteiger partial charge is 0.227 e. The predicted octanol–water partition coefficient (Wildman–Crippen LogP) is 2.54. The molecule has 0 saturated carbocycles. The molecule has 20 heavy (non-hydrogen) atoms. The molecular weight excluding hydrogens is 272 g/mol. The molecule has 0 radical (unpaired) electrons. The molecule has 0 spiro atoms. The van der Waals surface area contributed by atoms with Crippen molar-refractivity contribution < 1.29 is 4.79 Å². The second-order valence-corrected chi connectivity index (χ2v) is 5.29. The van der Waals surface area contributed by atoms with Crippen LogP contribution >= 0.6 is 11.8 Å². The molecular formula is C14H16N4OS. The fourth-order valence-electron chi connectivity index (χ4n) is 2.14. The molecule has 0 bridgehead atoms. The van der Waals surface area contributed by atoms with Crippen LogP contribution in [-0.4, -0.2) is 23.9 Å². The lowest BCUT2D eigenvalue weighted by Gasteiger charge is -2.18. The summed E-state index contributed by atoms with van der Waals surface area (Å²) in [5.74, 6) is 0.129. The average molecular weight is 288 g/mol. The fourth-order valence-corrected chi connectivity index (χ4v) is 2.47. The van der Waals surface area contributed by atoms with Gasteiger partial charge in [-0.1, -0.05) is 17.8 Å². The van der Waals surface area contributed by atoms with Crippen molar-refractivity contribution >= 4 is 34.2 Å². The van der Waals surface area contributed by atoms with Gasteiger partial charge in [-0.25, -0.2) is 4.99 Å². The zero-order valence-corrected chi connectivity index (χ0v) is 12.3. The third-order valence-corrected chi connectivity index (χ3v) is 3.65. The maximum absolute atomic E-state index is 11.9. The summed E-state index contributed by atoms with van der Waals surface area (Å²) in [6.45, 7) is 2.70. The van der Waals surface area contributed by atoms with Gasteiger partial charge in [-0.05, 0) is 37.3 Å². The van der Waals surface area contributed by atoms with Crippen LogP contribution in [0, 0.1) is 18.4 Å². The summed E-state index contributed by atoms with van der Waals surface area (Å²) < 4.78 is 0. The van der Waals surface area contributed by atoms with Gasteiger partial charge in [-0.3, -0.25) is 10.1 Å². The van der Waals surface area contributed by atoms with E-state index in [0.29, 0.717) is 17.3 Å². The van der Waals surface area contributed by atoms with Crippen LogP contribution < -0.4 is 10.2 Å². The number of amides is 1. The second kappa shape index (κ2) is 6.44. The molecule has 6 heteroatoms. The SMILES string of the molecule is CSC(=Nc1cc(C)ccc1N1CCCC1=O)NC#N. The number of nitrogens with zero attached hydrogens (tertiary/aromatic N) is 3. The minimum atomic E-state index is 0.129. The maximum atomic E-state index is 11.9. The number of nitriles is 1. The van der Waals surface area contributed by atoms with Crippen LogP contribution in [0.15, 0.2) is 23.2 Å². The molecule has 0 atom stereocenters. The lowest BCUT2D eigenvalue weighted by molar-refractivity contribution is -0.117. The lowest BCUT2D eigenvalue weighted by Crippen LogP contribution is -2.24. The van der Waals surface area contributed by atoms with Gasteiger partial charge in [0.05, 0.1) is 11.4 Å². The minimum absolute atomic E-state index is 0.129. The third-order valence-electron chi connectivity index (χ3n) is 3.07. The molecule has 0 unspecified atom stereocenters. The topological polar surface area (TPSA) is 68.5 Å². The molecule has 1 heterocycles. The van der Waals surface area contributed by atoms with Gasteiger partial charge < -0.3 is 4.90 Å². The summed E-state index contributed by atoms with van der Waals surface area (Å²) in [6, 6.07) is 5.81. The van der Waals surface area contributed by atoms with Crippen LogP contribution in [0.2, 0.25) is 0 Å². The quantitative estimate of drug-likeness (QED) is 0.393. The molecule has 1 aromatic carbocycles. The van der Waals surface area contributed by atoms with Gasteiger partial charge in [0, 0.05) is 13.0 Å². The number of benzene rings is 1. The van der Waals surface area contributed by atoms with Crippen LogP contribution in [0.1, 0.15) is 18.4 Å². The van der Waals surface area contributed by atoms with Crippen molar-refractivity contribution in [1.29, 1.82) is 5.26 Å². The fraction of sp³-hybridized carbons (Fsp3) is 0.357. The van der Waals surface area contributed by atoms with Gasteiger partial charge in [0.2, 0.25) is 5.91 Å². The summed E-state index contributed by atoms with van der Waals surface area (Å²) in [4.78, 5) is 18.1. The highest BCUT2D eigenvalue weighted by molar-refractivity contribution is 8.13. The van der Waals surface area contributed by atoms with Crippen LogP contribution in [-0.2, 0) is 4.79 Å². The Morgan fingerprint density at radius 3 is 2.95 bits per heavy atom. The van der Waals surface area contributed by atoms with Crippen LogP contribution in [0.4, 0.5) is 11.4 Å². The summed E-state index contributed by atoms with van der Waals surface area (Å²) in [5, 5.41) is 11.8. The Labute approximate surface area is 122 Å². The number of hydrogen-bond acceptors (Lipinski definition) is 4. The Hall–Kier alpha value is -2.00. The van der Waals surface area contributed by atoms with Gasteiger partial charge in [-0.2, -0.15) is 5.26 Å². The molecule has 1 N–H and O–H groups in total. The maximum Gasteiger partial charge on any atom is 0.227 e. The van der Waals surface area contributed by atoms with E-state index < -0.39 is 0 Å². The van der Waals surface area contributed by atoms with Gasteiger partial charge in [-0.15, -0.1) is 0 Å². The zero-order chi connectivity index (χ0) is 14.5. The van der Waals surface area contributed by atoms with E-state index in [9.17, 15) is 4.79 Å². The van der Waals surface area contributed by atoms with E-state index in [1.54, 1.807) is 4.90 Å². The Balaban J connectivity index is 2.43. The van der Waals surface area contributed by atoms with Crippen molar-refractivity contribution in [3.63, 3.8) is 0 Å². The van der Waals surface area contributed by atoms with Crippen molar-refractivity contribution in [3.05, 3.63) is 23.8 Å². The zero-order valence-electron chi connectivity index (χ0n) is 11.5. The number of aliphatic imine (C=N–C) groups is 1. The molecule has 0 aromatic heterocycles. The van der Waals surface area contributed by atoms with Crippen molar-refractivity contribution in [1.82, 2.24) is 5.32 Å². The highest BCUT2D eigenvalue weighted by Gasteiger charge is 2.23. The summed E-state index contributed by atoms with van der Waals surface area (Å²) in [6.07, 6.45) is 5.18. The monoisotopic (exact) mass is 288 g/mol. The Kier molecular flexibility index (Phi) is 4.64. The normalized spacial score (nSPS) is 15.3. The van der Waals surface area contributed by atoms with Crippen molar-refractivity contribution in [3.8, 4) is 6.19 Å². The number of thioether (sulfide) groups is 1. The first-order valence-corrected chi connectivity index (χ1v) is 7.57. The van der Waals surface area contributed by atoms with Crippen molar-refractivity contribution in [2.45, 2.75) is 19.8 Å². The van der Waals surface area contributed by atoms with Crippen LogP contribution in [0.25, 0.3) is 0 Å². The minimum Gasteiger partial charge on any atom is -0.310 e. The predicted molar refractivity (Wildman–Crippen MR) is 82.1 cm³/mol. The summed E-state index contributed by atoms with van der Waals surface area (Å²) in [5.41, 5.74) is 2.59. The molecule has 2 rings (SSSR count). The van der Waals surface area contributed by atoms with Crippen LogP contribution in [0.5, 0.6) is 0 Å². The standard InChI is InChI=1S/C14H16N4OS/c1-10-5-6-12(18-7-3-4-13(18)19)11(8-10)17-14(20-2)16-9-15/h5-6,8H,3-4,7H2,1-2H3,(H,16,17). The Morgan fingerprint density at radius 2 is 2.35 bits per heavy atom. The van der Waals surface area contributed by atoms with E-state index in [0.717, 1.165) is 24.2 Å². The average Bonchev–Trinajstić information content (AvgIpc) is 2.84. The van der Waals surface area contributed by atoms with Crippen molar-refractivity contribution in [2.75, 3.05) is 17.7 Å². The summed E-state index contributed by atoms with van der Waals surface area (Å²) in [7, 11) is 0. The molecule has 1 fully saturated rings. The Morgan fingerprint density at radius 1 is 1.55 bits per heavy atom. The number of rotatable bonds is 2. The first-order chi connectivity index (χ1) is 9.65. The molecule has 1 aliphatic heterocycles. The van der Waals surface area contributed by atoms with Gasteiger partial charge in [0.1, 0.15) is 0 Å². The molecule has 0 aliphatic carbocycles. The molecule has 1 amide bonds. The van der Waals surface area contributed by atoms with Crippen LogP contribution in [0.3, 0.4) is 0 Å². The van der Waals surface area contributed by atoms with E-state index in [4.69, 9.17) is 5.26 Å².